The topological polar surface area (TPSA) is 85.1 Å². The molecule has 9 heteroatoms. The lowest BCUT2D eigenvalue weighted by Crippen LogP contribution is -2.05. The summed E-state index contributed by atoms with van der Waals surface area (Å²) in [4.78, 5) is -0.0179. The van der Waals surface area contributed by atoms with Gasteiger partial charge in [0.15, 0.2) is 15.7 Å². The second-order valence-corrected chi connectivity index (χ2v) is 7.23. The second-order valence-electron chi connectivity index (χ2n) is 4.10. The summed E-state index contributed by atoms with van der Waals surface area (Å²) in [6.45, 7) is 0.282. The Morgan fingerprint density at radius 2 is 2.20 bits per heavy atom. The Hall–Kier alpha value is -1.38. The van der Waals surface area contributed by atoms with Crippen LogP contribution in [0.4, 0.5) is 15.2 Å². The van der Waals surface area contributed by atoms with E-state index in [0.717, 1.165) is 17.8 Å². The quantitative estimate of drug-likeness (QED) is 0.896. The van der Waals surface area contributed by atoms with Gasteiger partial charge in [-0.1, -0.05) is 17.7 Å². The largest absolute Gasteiger partial charge is 0.382 e. The Morgan fingerprint density at radius 1 is 1.50 bits per heavy atom. The minimum atomic E-state index is -3.47. The van der Waals surface area contributed by atoms with Gasteiger partial charge in [0.2, 0.25) is 0 Å². The van der Waals surface area contributed by atoms with Crippen LogP contribution >= 0.6 is 23.1 Å². The third-order valence-electron chi connectivity index (χ3n) is 2.48. The highest BCUT2D eigenvalue weighted by Crippen LogP contribution is 2.31. The molecule has 0 atom stereocenters. The van der Waals surface area contributed by atoms with Gasteiger partial charge in [0.05, 0.1) is 5.02 Å². The predicted octanol–water partition coefficient (Wildman–Crippen LogP) is 2.53. The van der Waals surface area contributed by atoms with Gasteiger partial charge in [-0.3, -0.25) is 0 Å². The number of nitrogens with one attached hydrogen (secondary N) is 1. The summed E-state index contributed by atoms with van der Waals surface area (Å²) in [6, 6.07) is 4.27. The highest BCUT2D eigenvalue weighted by Gasteiger charge is 2.21. The predicted molar refractivity (Wildman–Crippen MR) is 78.4 cm³/mol. The number of hydrogen-bond donors (Lipinski definition) is 2. The molecular weight excluding hydrogens is 325 g/mol. The van der Waals surface area contributed by atoms with Gasteiger partial charge in [-0.15, -0.1) is 0 Å². The number of aromatic nitrogens is 1. The summed E-state index contributed by atoms with van der Waals surface area (Å²) in [5.41, 5.74) is 6.26. The summed E-state index contributed by atoms with van der Waals surface area (Å²) in [5.74, 6) is -0.536. The zero-order valence-corrected chi connectivity index (χ0v) is 12.7. The van der Waals surface area contributed by atoms with Crippen LogP contribution < -0.4 is 11.1 Å². The molecule has 0 radical (unpaired) electrons. The minimum absolute atomic E-state index is 0.0106. The summed E-state index contributed by atoms with van der Waals surface area (Å²) < 4.78 is 40.1. The van der Waals surface area contributed by atoms with E-state index in [1.807, 2.05) is 0 Å². The Bertz CT molecular complexity index is 746. The molecule has 20 heavy (non-hydrogen) atoms. The van der Waals surface area contributed by atoms with Crippen molar-refractivity contribution in [2.75, 3.05) is 17.3 Å². The number of nitrogens with zero attached hydrogens (tertiary/aromatic N) is 1. The van der Waals surface area contributed by atoms with Crippen LogP contribution in [0.2, 0.25) is 5.02 Å². The monoisotopic (exact) mass is 335 g/mol. The van der Waals surface area contributed by atoms with Crippen molar-refractivity contribution in [2.24, 2.45) is 0 Å². The van der Waals surface area contributed by atoms with E-state index in [-0.39, 0.29) is 22.3 Å². The Balaban J connectivity index is 2.22. The zero-order valence-electron chi connectivity index (χ0n) is 10.4. The van der Waals surface area contributed by atoms with Gasteiger partial charge in [-0.2, -0.15) is 4.37 Å². The lowest BCUT2D eigenvalue weighted by molar-refractivity contribution is 0.602. The number of halogens is 2. The number of nitrogen functional groups attached to an aromatic ring is 1. The van der Waals surface area contributed by atoms with Crippen molar-refractivity contribution in [1.29, 1.82) is 0 Å². The fourth-order valence-electron chi connectivity index (χ4n) is 1.60. The standard InChI is InChI=1S/C11H11ClFN3O2S2/c1-20(17,18)9-10(14)16-19-11(9)15-5-6-2-3-8(13)7(12)4-6/h2-4,15H,5H2,1H3,(H2,14,16). The van der Waals surface area contributed by atoms with Gasteiger partial charge in [0.25, 0.3) is 0 Å². The maximum atomic E-state index is 13.0. The van der Waals surface area contributed by atoms with Gasteiger partial charge in [0, 0.05) is 12.8 Å². The summed E-state index contributed by atoms with van der Waals surface area (Å²) >= 11 is 6.63. The van der Waals surface area contributed by atoms with E-state index in [1.165, 1.54) is 12.1 Å². The lowest BCUT2D eigenvalue weighted by atomic mass is 10.2. The molecule has 0 aliphatic carbocycles. The second kappa shape index (κ2) is 5.55. The van der Waals surface area contributed by atoms with Crippen molar-refractivity contribution in [3.8, 4) is 0 Å². The fraction of sp³-hybridized carbons (Fsp3) is 0.182. The molecule has 0 unspecified atom stereocenters. The Kier molecular flexibility index (Phi) is 4.17. The molecule has 1 aromatic heterocycles. The number of benzene rings is 1. The van der Waals surface area contributed by atoms with Crippen molar-refractivity contribution in [1.82, 2.24) is 4.37 Å². The van der Waals surface area contributed by atoms with Crippen LogP contribution in [0.5, 0.6) is 0 Å². The first-order valence-corrected chi connectivity index (χ1v) is 8.46. The van der Waals surface area contributed by atoms with Gasteiger partial charge < -0.3 is 11.1 Å². The molecule has 1 aromatic carbocycles. The van der Waals surface area contributed by atoms with E-state index < -0.39 is 15.7 Å². The molecule has 0 fully saturated rings. The third-order valence-corrected chi connectivity index (χ3v) is 4.87. The number of sulfone groups is 1. The first kappa shape index (κ1) is 15.0. The number of anilines is 2. The average molecular weight is 336 g/mol. The van der Waals surface area contributed by atoms with E-state index >= 15 is 0 Å². The molecule has 0 aliphatic heterocycles. The molecule has 5 nitrogen and oxygen atoms in total. The summed E-state index contributed by atoms with van der Waals surface area (Å²) in [6.07, 6.45) is 1.06. The van der Waals surface area contributed by atoms with Gasteiger partial charge in [-0.05, 0) is 29.2 Å². The van der Waals surface area contributed by atoms with Crippen LogP contribution in [0, 0.1) is 5.82 Å². The van der Waals surface area contributed by atoms with Crippen molar-refractivity contribution in [3.05, 3.63) is 34.6 Å². The van der Waals surface area contributed by atoms with E-state index in [1.54, 1.807) is 6.07 Å². The van der Waals surface area contributed by atoms with Crippen molar-refractivity contribution in [3.63, 3.8) is 0 Å². The molecule has 0 saturated heterocycles. The fourth-order valence-corrected chi connectivity index (χ4v) is 3.86. The smallest absolute Gasteiger partial charge is 0.182 e. The van der Waals surface area contributed by atoms with Crippen LogP contribution in [0.1, 0.15) is 5.56 Å². The van der Waals surface area contributed by atoms with Crippen LogP contribution in [-0.4, -0.2) is 19.0 Å². The molecule has 0 saturated carbocycles. The van der Waals surface area contributed by atoms with E-state index in [0.29, 0.717) is 10.6 Å². The molecule has 0 amide bonds. The van der Waals surface area contributed by atoms with E-state index in [2.05, 4.69) is 9.69 Å². The maximum Gasteiger partial charge on any atom is 0.182 e. The van der Waals surface area contributed by atoms with Crippen LogP contribution in [-0.2, 0) is 16.4 Å². The van der Waals surface area contributed by atoms with Gasteiger partial charge >= 0.3 is 0 Å². The molecule has 108 valence electrons. The van der Waals surface area contributed by atoms with Crippen LogP contribution in [0.3, 0.4) is 0 Å². The highest BCUT2D eigenvalue weighted by molar-refractivity contribution is 7.91. The molecule has 0 spiro atoms. The molecule has 3 N–H and O–H groups in total. The SMILES string of the molecule is CS(=O)(=O)c1c(N)nsc1NCc1ccc(F)c(Cl)c1. The normalized spacial score (nSPS) is 11.6. The summed E-state index contributed by atoms with van der Waals surface area (Å²) in [5, 5.41) is 3.28. The Morgan fingerprint density at radius 3 is 2.80 bits per heavy atom. The minimum Gasteiger partial charge on any atom is -0.382 e. The number of nitrogens with two attached hydrogens (primary N) is 1. The first-order valence-electron chi connectivity index (χ1n) is 5.42. The van der Waals surface area contributed by atoms with Crippen LogP contribution in [0.15, 0.2) is 23.1 Å². The Labute approximate surface area is 124 Å². The van der Waals surface area contributed by atoms with E-state index in [9.17, 15) is 12.8 Å². The zero-order chi connectivity index (χ0) is 14.9. The number of hydrogen-bond acceptors (Lipinski definition) is 6. The molecule has 0 aliphatic rings. The lowest BCUT2D eigenvalue weighted by Gasteiger charge is -2.06. The highest BCUT2D eigenvalue weighted by atomic mass is 35.5. The van der Waals surface area contributed by atoms with Crippen molar-refractivity contribution in [2.45, 2.75) is 11.4 Å². The molecule has 2 aromatic rings. The van der Waals surface area contributed by atoms with Crippen LogP contribution in [0.25, 0.3) is 0 Å². The molecule has 0 bridgehead atoms. The van der Waals surface area contributed by atoms with Crippen molar-refractivity contribution >= 4 is 43.8 Å². The maximum absolute atomic E-state index is 13.0. The molecular formula is C11H11ClFN3O2S2. The first-order chi connectivity index (χ1) is 9.29. The van der Waals surface area contributed by atoms with Gasteiger partial charge in [-0.25, -0.2) is 12.8 Å². The van der Waals surface area contributed by atoms with E-state index in [4.69, 9.17) is 17.3 Å². The van der Waals surface area contributed by atoms with Gasteiger partial charge in [0.1, 0.15) is 15.7 Å². The third kappa shape index (κ3) is 3.20. The molecule has 1 heterocycles. The number of rotatable bonds is 4. The summed E-state index contributed by atoms with van der Waals surface area (Å²) in [7, 11) is -3.47. The van der Waals surface area contributed by atoms with Crippen molar-refractivity contribution < 1.29 is 12.8 Å². The molecule has 2 rings (SSSR count). The average Bonchev–Trinajstić information content (AvgIpc) is 2.72.